The summed E-state index contributed by atoms with van der Waals surface area (Å²) in [7, 11) is 0. The van der Waals surface area contributed by atoms with Crippen molar-refractivity contribution in [3.63, 3.8) is 0 Å². The zero-order valence-corrected chi connectivity index (χ0v) is 11.2. The van der Waals surface area contributed by atoms with E-state index in [1.54, 1.807) is 11.3 Å². The fraction of sp³-hybridized carbons (Fsp3) is 0.545. The number of thiophene rings is 1. The van der Waals surface area contributed by atoms with Crippen molar-refractivity contribution in [2.45, 2.75) is 26.8 Å². The molecular weight excluding hydrogens is 274 g/mol. The van der Waals surface area contributed by atoms with Gasteiger partial charge in [0.1, 0.15) is 0 Å². The Balaban J connectivity index is 1.82. The third kappa shape index (κ3) is 2.61. The van der Waals surface area contributed by atoms with Gasteiger partial charge in [0.15, 0.2) is 0 Å². The lowest BCUT2D eigenvalue weighted by atomic mass is 10.1. The average molecular weight is 288 g/mol. The minimum absolute atomic E-state index is 0.199. The lowest BCUT2D eigenvalue weighted by molar-refractivity contribution is -0.123. The van der Waals surface area contributed by atoms with Crippen LogP contribution in [0.15, 0.2) is 15.9 Å². The highest BCUT2D eigenvalue weighted by atomic mass is 79.9. The van der Waals surface area contributed by atoms with Crippen LogP contribution in [0.5, 0.6) is 0 Å². The molecule has 1 amide bonds. The smallest absolute Gasteiger partial charge is 0.223 e. The molecule has 1 saturated carbocycles. The van der Waals surface area contributed by atoms with E-state index in [1.807, 2.05) is 12.1 Å². The van der Waals surface area contributed by atoms with Crippen LogP contribution in [0.1, 0.15) is 25.1 Å². The number of halogens is 1. The summed E-state index contributed by atoms with van der Waals surface area (Å²) in [4.78, 5) is 12.9. The fourth-order valence-corrected chi connectivity index (χ4v) is 3.08. The SMILES string of the molecule is CC1(C)CC1C(=O)NCc1ccc(Br)s1. The van der Waals surface area contributed by atoms with Gasteiger partial charge in [0.25, 0.3) is 0 Å². The van der Waals surface area contributed by atoms with Crippen molar-refractivity contribution < 1.29 is 4.79 Å². The van der Waals surface area contributed by atoms with E-state index in [4.69, 9.17) is 0 Å². The van der Waals surface area contributed by atoms with Crippen molar-refractivity contribution >= 4 is 33.2 Å². The molecule has 82 valence electrons. The highest BCUT2D eigenvalue weighted by Crippen LogP contribution is 2.51. The maximum atomic E-state index is 11.7. The van der Waals surface area contributed by atoms with Crippen LogP contribution in [0.25, 0.3) is 0 Å². The first-order valence-electron chi connectivity index (χ1n) is 5.01. The molecule has 0 radical (unpaired) electrons. The Bertz CT molecular complexity index is 386. The van der Waals surface area contributed by atoms with Crippen LogP contribution in [0.2, 0.25) is 0 Å². The summed E-state index contributed by atoms with van der Waals surface area (Å²) in [6.07, 6.45) is 1.02. The Morgan fingerprint density at radius 1 is 1.67 bits per heavy atom. The topological polar surface area (TPSA) is 29.1 Å². The van der Waals surface area contributed by atoms with Gasteiger partial charge in [0.05, 0.1) is 10.3 Å². The molecule has 4 heteroatoms. The zero-order valence-electron chi connectivity index (χ0n) is 8.84. The standard InChI is InChI=1S/C11H14BrNOS/c1-11(2)5-8(11)10(14)13-6-7-3-4-9(12)15-7/h3-4,8H,5-6H2,1-2H3,(H,13,14). The maximum Gasteiger partial charge on any atom is 0.223 e. The van der Waals surface area contributed by atoms with Crippen molar-refractivity contribution in [3.8, 4) is 0 Å². The summed E-state index contributed by atoms with van der Waals surface area (Å²) in [6, 6.07) is 4.04. The van der Waals surface area contributed by atoms with Crippen molar-refractivity contribution in [2.75, 3.05) is 0 Å². The Hall–Kier alpha value is -0.350. The summed E-state index contributed by atoms with van der Waals surface area (Å²) >= 11 is 5.07. The van der Waals surface area contributed by atoms with Crippen molar-refractivity contribution in [2.24, 2.45) is 11.3 Å². The average Bonchev–Trinajstić information content (AvgIpc) is 2.59. The molecule has 1 aromatic heterocycles. The fourth-order valence-electron chi connectivity index (χ4n) is 1.66. The monoisotopic (exact) mass is 287 g/mol. The van der Waals surface area contributed by atoms with Crippen LogP contribution >= 0.6 is 27.3 Å². The minimum atomic E-state index is 0.199. The van der Waals surface area contributed by atoms with Crippen molar-refractivity contribution in [1.29, 1.82) is 0 Å². The zero-order chi connectivity index (χ0) is 11.1. The van der Waals surface area contributed by atoms with E-state index >= 15 is 0 Å². The van der Waals surface area contributed by atoms with Crippen LogP contribution in [0.3, 0.4) is 0 Å². The van der Waals surface area contributed by atoms with E-state index in [1.165, 1.54) is 4.88 Å². The molecular formula is C11H14BrNOS. The third-order valence-electron chi connectivity index (χ3n) is 2.90. The molecule has 0 aromatic carbocycles. The lowest BCUT2D eigenvalue weighted by Gasteiger charge is -2.04. The molecule has 1 atom stereocenters. The molecule has 0 bridgehead atoms. The summed E-state index contributed by atoms with van der Waals surface area (Å²) in [5.74, 6) is 0.422. The first kappa shape index (κ1) is 11.1. The normalized spacial score (nSPS) is 22.5. The number of hydrogen-bond acceptors (Lipinski definition) is 2. The van der Waals surface area contributed by atoms with Crippen LogP contribution in [-0.2, 0) is 11.3 Å². The molecule has 1 aliphatic rings. The van der Waals surface area contributed by atoms with Crippen molar-refractivity contribution in [3.05, 3.63) is 20.8 Å². The molecule has 2 nitrogen and oxygen atoms in total. The number of amides is 1. The van der Waals surface area contributed by atoms with E-state index in [2.05, 4.69) is 35.1 Å². The van der Waals surface area contributed by atoms with Crippen LogP contribution < -0.4 is 5.32 Å². The molecule has 15 heavy (non-hydrogen) atoms. The third-order valence-corrected chi connectivity index (χ3v) is 4.52. The van der Waals surface area contributed by atoms with E-state index < -0.39 is 0 Å². The maximum absolute atomic E-state index is 11.7. The van der Waals surface area contributed by atoms with E-state index in [0.29, 0.717) is 6.54 Å². The van der Waals surface area contributed by atoms with Gasteiger partial charge in [-0.15, -0.1) is 11.3 Å². The molecule has 1 N–H and O–H groups in total. The number of hydrogen-bond donors (Lipinski definition) is 1. The van der Waals surface area contributed by atoms with Gasteiger partial charge >= 0.3 is 0 Å². The lowest BCUT2D eigenvalue weighted by Crippen LogP contribution is -2.25. The Morgan fingerprint density at radius 2 is 2.33 bits per heavy atom. The first-order valence-corrected chi connectivity index (χ1v) is 6.62. The van der Waals surface area contributed by atoms with E-state index in [0.717, 1.165) is 10.2 Å². The Kier molecular flexibility index (Phi) is 2.90. The number of carbonyl (C=O) groups is 1. The molecule has 0 spiro atoms. The highest BCUT2D eigenvalue weighted by Gasteiger charge is 2.50. The Morgan fingerprint density at radius 3 is 2.80 bits per heavy atom. The molecule has 1 heterocycles. The van der Waals surface area contributed by atoms with Gasteiger partial charge in [0.2, 0.25) is 5.91 Å². The Labute approximate surface area is 102 Å². The molecule has 1 fully saturated rings. The molecule has 0 saturated heterocycles. The second kappa shape index (κ2) is 3.91. The van der Waals surface area contributed by atoms with Crippen molar-refractivity contribution in [1.82, 2.24) is 5.32 Å². The molecule has 1 unspecified atom stereocenters. The minimum Gasteiger partial charge on any atom is -0.351 e. The molecule has 1 aromatic rings. The van der Waals surface area contributed by atoms with Crippen LogP contribution in [0.4, 0.5) is 0 Å². The molecule has 2 rings (SSSR count). The number of carbonyl (C=O) groups excluding carboxylic acids is 1. The van der Waals surface area contributed by atoms with Gasteiger partial charge in [0, 0.05) is 10.8 Å². The van der Waals surface area contributed by atoms with Gasteiger partial charge in [-0.3, -0.25) is 4.79 Å². The summed E-state index contributed by atoms with van der Waals surface area (Å²) in [5.41, 5.74) is 0.222. The van der Waals surface area contributed by atoms with Crippen LogP contribution in [0, 0.1) is 11.3 Å². The second-order valence-corrected chi connectivity index (χ2v) is 7.22. The quantitative estimate of drug-likeness (QED) is 0.909. The summed E-state index contributed by atoms with van der Waals surface area (Å²) in [6.45, 7) is 4.93. The van der Waals surface area contributed by atoms with Gasteiger partial charge < -0.3 is 5.32 Å². The number of rotatable bonds is 3. The predicted molar refractivity (Wildman–Crippen MR) is 65.8 cm³/mol. The van der Waals surface area contributed by atoms with E-state index in [9.17, 15) is 4.79 Å². The largest absolute Gasteiger partial charge is 0.351 e. The highest BCUT2D eigenvalue weighted by molar-refractivity contribution is 9.11. The number of nitrogens with one attached hydrogen (secondary N) is 1. The summed E-state index contributed by atoms with van der Waals surface area (Å²) in [5, 5.41) is 2.98. The molecule has 1 aliphatic carbocycles. The van der Waals surface area contributed by atoms with Gasteiger partial charge in [-0.05, 0) is 39.9 Å². The molecule has 0 aliphatic heterocycles. The predicted octanol–water partition coefficient (Wildman–Crippen LogP) is 3.17. The van der Waals surface area contributed by atoms with Gasteiger partial charge in [-0.2, -0.15) is 0 Å². The summed E-state index contributed by atoms with van der Waals surface area (Å²) < 4.78 is 1.11. The first-order chi connectivity index (χ1) is 6.99. The van der Waals surface area contributed by atoms with Gasteiger partial charge in [-0.25, -0.2) is 0 Å². The van der Waals surface area contributed by atoms with Gasteiger partial charge in [-0.1, -0.05) is 13.8 Å². The van der Waals surface area contributed by atoms with E-state index in [-0.39, 0.29) is 17.2 Å². The second-order valence-electron chi connectivity index (χ2n) is 4.67. The van der Waals surface area contributed by atoms with Crippen LogP contribution in [-0.4, -0.2) is 5.91 Å².